The summed E-state index contributed by atoms with van der Waals surface area (Å²) in [6.07, 6.45) is 4.77. The Morgan fingerprint density at radius 3 is 2.75 bits per heavy atom. The Kier molecular flexibility index (Phi) is 4.54. The Hall–Kier alpha value is -1.69. The lowest BCUT2D eigenvalue weighted by Gasteiger charge is -2.36. The molecule has 1 amide bonds. The van der Waals surface area contributed by atoms with Crippen molar-refractivity contribution in [3.8, 4) is 0 Å². The Morgan fingerprint density at radius 2 is 2.20 bits per heavy atom. The number of hydrogen-bond acceptors (Lipinski definition) is 4. The maximum absolute atomic E-state index is 12.3. The van der Waals surface area contributed by atoms with Crippen molar-refractivity contribution in [2.24, 2.45) is 5.92 Å². The number of rotatable bonds is 3. The van der Waals surface area contributed by atoms with Crippen LogP contribution in [0, 0.1) is 5.92 Å². The number of carboxylic acid groups (broad SMARTS) is 1. The van der Waals surface area contributed by atoms with E-state index in [0.717, 1.165) is 12.8 Å². The van der Waals surface area contributed by atoms with E-state index in [4.69, 9.17) is 11.6 Å². The zero-order valence-electron chi connectivity index (χ0n) is 11.1. The first kappa shape index (κ1) is 14.7. The molecule has 0 spiro atoms. The van der Waals surface area contributed by atoms with Gasteiger partial charge in [-0.1, -0.05) is 24.9 Å². The van der Waals surface area contributed by atoms with Gasteiger partial charge in [0, 0.05) is 6.54 Å². The van der Waals surface area contributed by atoms with Crippen molar-refractivity contribution in [3.05, 3.63) is 23.2 Å². The van der Waals surface area contributed by atoms with Crippen LogP contribution in [0.3, 0.4) is 0 Å². The summed E-state index contributed by atoms with van der Waals surface area (Å²) in [6, 6.07) is -0.793. The fraction of sp³-hybridized carbons (Fsp3) is 0.538. The van der Waals surface area contributed by atoms with E-state index in [1.165, 1.54) is 17.3 Å². The van der Waals surface area contributed by atoms with E-state index in [0.29, 0.717) is 18.9 Å². The molecule has 1 aliphatic rings. The van der Waals surface area contributed by atoms with Gasteiger partial charge in [-0.05, 0) is 18.8 Å². The molecule has 1 aromatic heterocycles. The summed E-state index contributed by atoms with van der Waals surface area (Å²) in [5.41, 5.74) is 0.121. The number of amides is 1. The van der Waals surface area contributed by atoms with Crippen molar-refractivity contribution in [1.82, 2.24) is 14.9 Å². The lowest BCUT2D eigenvalue weighted by Crippen LogP contribution is -2.50. The van der Waals surface area contributed by atoms with Gasteiger partial charge in [0.1, 0.15) is 16.9 Å². The van der Waals surface area contributed by atoms with Crippen LogP contribution >= 0.6 is 11.6 Å². The molecule has 108 valence electrons. The molecule has 1 saturated heterocycles. The second kappa shape index (κ2) is 6.17. The normalized spacial score (nSPS) is 22.6. The molecule has 2 heterocycles. The van der Waals surface area contributed by atoms with Gasteiger partial charge < -0.3 is 10.0 Å². The van der Waals surface area contributed by atoms with Gasteiger partial charge in [0.15, 0.2) is 0 Å². The molecule has 1 aliphatic heterocycles. The first-order chi connectivity index (χ1) is 9.52. The summed E-state index contributed by atoms with van der Waals surface area (Å²) >= 11 is 5.63. The van der Waals surface area contributed by atoms with Crippen LogP contribution in [-0.4, -0.2) is 44.4 Å². The van der Waals surface area contributed by atoms with Crippen molar-refractivity contribution in [3.63, 3.8) is 0 Å². The number of halogens is 1. The number of piperidine rings is 1. The summed E-state index contributed by atoms with van der Waals surface area (Å²) in [4.78, 5) is 32.8. The van der Waals surface area contributed by atoms with Gasteiger partial charge in [-0.2, -0.15) is 0 Å². The average Bonchev–Trinajstić information content (AvgIpc) is 2.46. The fourth-order valence-electron chi connectivity index (χ4n) is 2.46. The van der Waals surface area contributed by atoms with E-state index in [-0.39, 0.29) is 10.8 Å². The molecular formula is C13H16ClN3O3. The fourth-order valence-corrected chi connectivity index (χ4v) is 2.55. The number of aliphatic carboxylic acids is 1. The SMILES string of the molecule is CCC1CCN(C(=O)c2cnc(Cl)cn2)C(C(=O)O)C1. The lowest BCUT2D eigenvalue weighted by atomic mass is 9.88. The van der Waals surface area contributed by atoms with Gasteiger partial charge in [0.2, 0.25) is 0 Å². The average molecular weight is 298 g/mol. The molecule has 2 atom stereocenters. The Bertz CT molecular complexity index is 506. The van der Waals surface area contributed by atoms with E-state index in [2.05, 4.69) is 9.97 Å². The standard InChI is InChI=1S/C13H16ClN3O3/c1-2-8-3-4-17(10(5-8)13(19)20)12(18)9-6-16-11(14)7-15-9/h6-8,10H,2-5H2,1H3,(H,19,20). The monoisotopic (exact) mass is 297 g/mol. The number of hydrogen-bond donors (Lipinski definition) is 1. The van der Waals surface area contributed by atoms with Crippen molar-refractivity contribution in [1.29, 1.82) is 0 Å². The van der Waals surface area contributed by atoms with E-state index < -0.39 is 17.9 Å². The minimum absolute atomic E-state index is 0.121. The highest BCUT2D eigenvalue weighted by Crippen LogP contribution is 2.26. The first-order valence-electron chi connectivity index (χ1n) is 6.54. The van der Waals surface area contributed by atoms with Gasteiger partial charge >= 0.3 is 5.97 Å². The molecule has 6 nitrogen and oxygen atoms in total. The number of carboxylic acids is 1. The quantitative estimate of drug-likeness (QED) is 0.920. The molecule has 1 N–H and O–H groups in total. The first-order valence-corrected chi connectivity index (χ1v) is 6.92. The van der Waals surface area contributed by atoms with Crippen LogP contribution in [0.4, 0.5) is 0 Å². The van der Waals surface area contributed by atoms with Crippen molar-refractivity contribution < 1.29 is 14.7 Å². The van der Waals surface area contributed by atoms with Crippen LogP contribution < -0.4 is 0 Å². The smallest absolute Gasteiger partial charge is 0.326 e. The van der Waals surface area contributed by atoms with Crippen LogP contribution in [0.15, 0.2) is 12.4 Å². The summed E-state index contributed by atoms with van der Waals surface area (Å²) in [6.45, 7) is 2.46. The number of nitrogens with zero attached hydrogens (tertiary/aromatic N) is 3. The number of aromatic nitrogens is 2. The van der Waals surface area contributed by atoms with Crippen LogP contribution in [0.2, 0.25) is 5.15 Å². The van der Waals surface area contributed by atoms with Crippen LogP contribution in [0.5, 0.6) is 0 Å². The third-order valence-electron chi connectivity index (χ3n) is 3.67. The van der Waals surface area contributed by atoms with E-state index >= 15 is 0 Å². The van der Waals surface area contributed by atoms with Gasteiger partial charge in [0.25, 0.3) is 5.91 Å². The molecule has 0 saturated carbocycles. The zero-order valence-corrected chi connectivity index (χ0v) is 11.9. The third-order valence-corrected chi connectivity index (χ3v) is 3.87. The molecule has 0 radical (unpaired) electrons. The highest BCUT2D eigenvalue weighted by Gasteiger charge is 2.36. The second-order valence-electron chi connectivity index (χ2n) is 4.88. The minimum atomic E-state index is -0.974. The highest BCUT2D eigenvalue weighted by molar-refractivity contribution is 6.29. The van der Waals surface area contributed by atoms with Crippen LogP contribution in [0.25, 0.3) is 0 Å². The molecule has 1 aromatic rings. The largest absolute Gasteiger partial charge is 0.480 e. The summed E-state index contributed by atoms with van der Waals surface area (Å²) in [5.74, 6) is -1.04. The molecular weight excluding hydrogens is 282 g/mol. The topological polar surface area (TPSA) is 83.4 Å². The van der Waals surface area contributed by atoms with Crippen LogP contribution in [0.1, 0.15) is 36.7 Å². The van der Waals surface area contributed by atoms with Crippen molar-refractivity contribution >= 4 is 23.5 Å². The van der Waals surface area contributed by atoms with Crippen LogP contribution in [-0.2, 0) is 4.79 Å². The summed E-state index contributed by atoms with van der Waals surface area (Å²) in [7, 11) is 0. The lowest BCUT2D eigenvalue weighted by molar-refractivity contribution is -0.144. The maximum Gasteiger partial charge on any atom is 0.326 e. The van der Waals surface area contributed by atoms with E-state index in [1.807, 2.05) is 6.92 Å². The van der Waals surface area contributed by atoms with Gasteiger partial charge in [-0.3, -0.25) is 4.79 Å². The maximum atomic E-state index is 12.3. The van der Waals surface area contributed by atoms with Gasteiger partial charge in [-0.25, -0.2) is 14.8 Å². The molecule has 0 aliphatic carbocycles. The number of likely N-dealkylation sites (tertiary alicyclic amines) is 1. The van der Waals surface area contributed by atoms with Gasteiger partial charge in [0.05, 0.1) is 12.4 Å². The minimum Gasteiger partial charge on any atom is -0.480 e. The molecule has 20 heavy (non-hydrogen) atoms. The van der Waals surface area contributed by atoms with Crippen molar-refractivity contribution in [2.45, 2.75) is 32.2 Å². The predicted molar refractivity (Wildman–Crippen MR) is 72.5 cm³/mol. The Balaban J connectivity index is 2.19. The molecule has 0 bridgehead atoms. The van der Waals surface area contributed by atoms with E-state index in [1.54, 1.807) is 0 Å². The molecule has 0 aromatic carbocycles. The molecule has 2 rings (SSSR count). The Labute approximate surface area is 121 Å². The highest BCUT2D eigenvalue weighted by atomic mass is 35.5. The second-order valence-corrected chi connectivity index (χ2v) is 5.26. The molecule has 1 fully saturated rings. The molecule has 7 heteroatoms. The third kappa shape index (κ3) is 3.07. The number of carbonyl (C=O) groups excluding carboxylic acids is 1. The van der Waals surface area contributed by atoms with Gasteiger partial charge in [-0.15, -0.1) is 0 Å². The zero-order chi connectivity index (χ0) is 14.7. The summed E-state index contributed by atoms with van der Waals surface area (Å²) in [5, 5.41) is 9.51. The Morgan fingerprint density at radius 1 is 1.45 bits per heavy atom. The number of carbonyl (C=O) groups is 2. The van der Waals surface area contributed by atoms with Crippen molar-refractivity contribution in [2.75, 3.05) is 6.54 Å². The predicted octanol–water partition coefficient (Wildman–Crippen LogP) is 1.85. The molecule has 2 unspecified atom stereocenters. The van der Waals surface area contributed by atoms with E-state index in [9.17, 15) is 14.7 Å². The summed E-state index contributed by atoms with van der Waals surface area (Å²) < 4.78 is 0.